The van der Waals surface area contributed by atoms with Gasteiger partial charge in [-0.1, -0.05) is 28.9 Å². The third-order valence-corrected chi connectivity index (χ3v) is 0. The Morgan fingerprint density at radius 2 is 1.25 bits per heavy atom. The van der Waals surface area contributed by atoms with Crippen LogP contribution < -0.4 is 0 Å². The van der Waals surface area contributed by atoms with E-state index < -0.39 is 0 Å². The fourth-order valence-corrected chi connectivity index (χ4v) is 0. The molecule has 0 spiro atoms. The van der Waals surface area contributed by atoms with Gasteiger partial charge in [0.15, 0.2) is 0 Å². The first-order valence-corrected chi connectivity index (χ1v) is 4.39. The molecular formula is H4CaIPZn. The second-order valence-electron chi connectivity index (χ2n) is 0. The minimum absolute atomic E-state index is 0. The monoisotopic (exact) mass is 266 g/mol. The van der Waals surface area contributed by atoms with Gasteiger partial charge in [-0.05, 0) is 0 Å². The number of hydrogen-bond acceptors (Lipinski definition) is 0. The standard InChI is InChI=1S/Ca.H2IP.Zn.2H/c;1-2;;;/h;2H2;;;. The van der Waals surface area contributed by atoms with Gasteiger partial charge >= 0.3 is 37.7 Å². The molecule has 0 nitrogen and oxygen atoms in total. The van der Waals surface area contributed by atoms with Crippen molar-refractivity contribution in [3.05, 3.63) is 0 Å². The van der Waals surface area contributed by atoms with Gasteiger partial charge in [-0.2, -0.15) is 0 Å². The summed E-state index contributed by atoms with van der Waals surface area (Å²) in [5.41, 5.74) is 0. The fourth-order valence-electron chi connectivity index (χ4n) is 0. The van der Waals surface area contributed by atoms with Gasteiger partial charge in [0.25, 0.3) is 0 Å². The van der Waals surface area contributed by atoms with E-state index in [-0.39, 0.29) is 57.2 Å². The van der Waals surface area contributed by atoms with E-state index >= 15 is 0 Å². The van der Waals surface area contributed by atoms with E-state index in [1.54, 1.807) is 0 Å². The molecule has 4 heavy (non-hydrogen) atoms. The molecule has 0 aromatic carbocycles. The Kier molecular flexibility index (Phi) is 65.3. The van der Waals surface area contributed by atoms with Gasteiger partial charge in [0.1, 0.15) is 0 Å². The fraction of sp³-hybridized carbons (Fsp3) is 0. The second-order valence-corrected chi connectivity index (χ2v) is 0. The van der Waals surface area contributed by atoms with Crippen molar-refractivity contribution in [3.8, 4) is 0 Å². The van der Waals surface area contributed by atoms with Crippen molar-refractivity contribution >= 4 is 66.7 Å². The van der Waals surface area contributed by atoms with Gasteiger partial charge < -0.3 is 0 Å². The minimum Gasteiger partial charge on any atom is 0 e. The molecule has 0 rings (SSSR count). The van der Waals surface area contributed by atoms with Crippen LogP contribution in [0, 0.1) is 0 Å². The Bertz CT molecular complexity index is 8.00. The van der Waals surface area contributed by atoms with E-state index in [2.05, 4.69) is 28.9 Å². The summed E-state index contributed by atoms with van der Waals surface area (Å²) in [5, 5.41) is 0. The van der Waals surface area contributed by atoms with Crippen molar-refractivity contribution < 1.29 is 19.5 Å². The van der Waals surface area contributed by atoms with Crippen molar-refractivity contribution in [3.63, 3.8) is 0 Å². The quantitative estimate of drug-likeness (QED) is 0.336. The largest absolute Gasteiger partial charge is 0 e. The normalized spacial score (nSPS) is 1.50. The number of hydrogen-bond donors (Lipinski definition) is 0. The van der Waals surface area contributed by atoms with E-state index in [9.17, 15) is 0 Å². The second kappa shape index (κ2) is 16.6. The predicted octanol–water partition coefficient (Wildman–Crippen LogP) is 0.293. The summed E-state index contributed by atoms with van der Waals surface area (Å²) in [6.45, 7) is 2.39. The van der Waals surface area contributed by atoms with Gasteiger partial charge in [0.05, 0.1) is 0 Å². The summed E-state index contributed by atoms with van der Waals surface area (Å²) in [6.07, 6.45) is 0. The van der Waals surface area contributed by atoms with Crippen molar-refractivity contribution in [2.75, 3.05) is 0 Å². The molecule has 0 N–H and O–H groups in total. The molecule has 4 heteroatoms. The molecule has 0 radical (unpaired) electrons. The van der Waals surface area contributed by atoms with Gasteiger partial charge in [-0.3, -0.25) is 0 Å². The van der Waals surface area contributed by atoms with Crippen molar-refractivity contribution in [1.29, 1.82) is 0 Å². The molecule has 0 heterocycles. The van der Waals surface area contributed by atoms with Crippen molar-refractivity contribution in [2.45, 2.75) is 0 Å². The summed E-state index contributed by atoms with van der Waals surface area (Å²) in [6, 6.07) is 0. The molecule has 0 fully saturated rings. The summed E-state index contributed by atoms with van der Waals surface area (Å²) < 4.78 is 0. The van der Waals surface area contributed by atoms with Crippen LogP contribution in [0.1, 0.15) is 0 Å². The first kappa shape index (κ1) is 15.7. The zero-order chi connectivity index (χ0) is 2.00. The summed E-state index contributed by atoms with van der Waals surface area (Å²) in [7, 11) is 0. The Balaban J connectivity index is -0.00000000500. The molecule has 20 valence electrons. The number of rotatable bonds is 0. The van der Waals surface area contributed by atoms with Crippen LogP contribution in [-0.4, -0.2) is 37.7 Å². The summed E-state index contributed by atoms with van der Waals surface area (Å²) in [4.78, 5) is 0. The first-order chi connectivity index (χ1) is 1.00. The van der Waals surface area contributed by atoms with Crippen LogP contribution in [0.25, 0.3) is 0 Å². The molecule has 0 aliphatic carbocycles. The maximum absolute atomic E-state index is 2.39. The Hall–Kier alpha value is 3.04. The molecular weight excluding hydrogens is 263 g/mol. The Morgan fingerprint density at radius 3 is 1.25 bits per heavy atom. The summed E-state index contributed by atoms with van der Waals surface area (Å²) in [5.74, 6) is 0. The van der Waals surface area contributed by atoms with Crippen LogP contribution in [0.2, 0.25) is 0 Å². The molecule has 1 unspecified atom stereocenters. The third-order valence-electron chi connectivity index (χ3n) is 0. The summed E-state index contributed by atoms with van der Waals surface area (Å²) >= 11 is 2.07. The van der Waals surface area contributed by atoms with Crippen LogP contribution in [-0.2, 0) is 19.5 Å². The zero-order valence-corrected chi connectivity index (χ0v) is 7.94. The molecule has 0 bridgehead atoms. The predicted molar refractivity (Wildman–Crippen MR) is 32.3 cm³/mol. The molecule has 0 saturated heterocycles. The van der Waals surface area contributed by atoms with Crippen molar-refractivity contribution in [1.82, 2.24) is 0 Å². The van der Waals surface area contributed by atoms with Gasteiger partial charge in [0.2, 0.25) is 0 Å². The van der Waals surface area contributed by atoms with Crippen LogP contribution in [0.3, 0.4) is 0 Å². The SMILES string of the molecule is PI.[CaH2].[Zn]. The van der Waals surface area contributed by atoms with Crippen molar-refractivity contribution in [2.24, 2.45) is 0 Å². The van der Waals surface area contributed by atoms with E-state index in [0.717, 1.165) is 0 Å². The Labute approximate surface area is 84.3 Å². The third kappa shape index (κ3) is 8.90. The molecule has 0 aromatic heterocycles. The molecule has 1 atom stereocenters. The maximum atomic E-state index is 2.39. The first-order valence-electron chi connectivity index (χ1n) is 0.218. The van der Waals surface area contributed by atoms with E-state index in [1.807, 2.05) is 0 Å². The topological polar surface area (TPSA) is 0 Å². The maximum Gasteiger partial charge on any atom is 0 e. The van der Waals surface area contributed by atoms with Crippen LogP contribution >= 0.6 is 28.9 Å². The molecule has 0 aliphatic rings. The zero-order valence-electron chi connectivity index (χ0n) is 1.66. The minimum atomic E-state index is 0. The van der Waals surface area contributed by atoms with Crippen LogP contribution in [0.5, 0.6) is 0 Å². The van der Waals surface area contributed by atoms with E-state index in [1.165, 1.54) is 0 Å². The van der Waals surface area contributed by atoms with Crippen LogP contribution in [0.4, 0.5) is 0 Å². The molecule has 0 saturated carbocycles. The van der Waals surface area contributed by atoms with Gasteiger partial charge in [-0.25, -0.2) is 0 Å². The molecule has 0 aliphatic heterocycles. The van der Waals surface area contributed by atoms with E-state index in [4.69, 9.17) is 0 Å². The average Bonchev–Trinajstić information content (AvgIpc) is 1.00. The molecule has 0 amide bonds. The Morgan fingerprint density at radius 1 is 1.25 bits per heavy atom. The van der Waals surface area contributed by atoms with Crippen LogP contribution in [0.15, 0.2) is 0 Å². The smallest absolute Gasteiger partial charge is 0 e. The van der Waals surface area contributed by atoms with E-state index in [0.29, 0.717) is 0 Å². The molecule has 0 aromatic rings. The van der Waals surface area contributed by atoms with Gasteiger partial charge in [0, 0.05) is 19.5 Å². The average molecular weight is 267 g/mol. The number of halogens is 1. The van der Waals surface area contributed by atoms with Gasteiger partial charge in [-0.15, -0.1) is 0 Å².